The van der Waals surface area contributed by atoms with Crippen molar-refractivity contribution in [3.8, 4) is 0 Å². The SMILES string of the molecule is C/C=C/CC(O)c1ccc(C(O)C/C=C/C)o1.C=CCC.O=Cc1ccc(C=O)o1.[CH+]=CCC. The first-order valence-electron chi connectivity index (χ1n) is 11.2. The summed E-state index contributed by atoms with van der Waals surface area (Å²) in [6.07, 6.45) is 13.9. The normalized spacial score (nSPS) is 11.7. The lowest BCUT2D eigenvalue weighted by atomic mass is 10.2. The quantitative estimate of drug-likeness (QED) is 0.217. The number of hydrogen-bond donors (Lipinski definition) is 2. The van der Waals surface area contributed by atoms with E-state index in [0.29, 0.717) is 36.9 Å². The minimum atomic E-state index is -0.645. The van der Waals surface area contributed by atoms with Crippen LogP contribution >= 0.6 is 0 Å². The average Bonchev–Trinajstić information content (AvgIpc) is 3.56. The van der Waals surface area contributed by atoms with Gasteiger partial charge in [-0.1, -0.05) is 44.2 Å². The van der Waals surface area contributed by atoms with Gasteiger partial charge in [0.1, 0.15) is 23.7 Å². The maximum Gasteiger partial charge on any atom is 0.201 e. The predicted molar refractivity (Wildman–Crippen MR) is 137 cm³/mol. The molecule has 2 aromatic rings. The van der Waals surface area contributed by atoms with Crippen molar-refractivity contribution < 1.29 is 28.6 Å². The summed E-state index contributed by atoms with van der Waals surface area (Å²) < 4.78 is 10.1. The molecule has 0 aromatic carbocycles. The number of rotatable bonds is 10. The lowest BCUT2D eigenvalue weighted by molar-refractivity contribution is 0.108. The van der Waals surface area contributed by atoms with E-state index in [1.807, 2.05) is 51.2 Å². The Labute approximate surface area is 204 Å². The van der Waals surface area contributed by atoms with E-state index in [-0.39, 0.29) is 11.5 Å². The Kier molecular flexibility index (Phi) is 22.1. The molecule has 2 atom stereocenters. The molecule has 2 rings (SSSR count). The smallest absolute Gasteiger partial charge is 0.201 e. The molecular formula is C28H39O6+. The second-order valence-corrected chi connectivity index (χ2v) is 6.70. The van der Waals surface area contributed by atoms with E-state index in [1.54, 1.807) is 18.2 Å². The van der Waals surface area contributed by atoms with E-state index in [4.69, 9.17) is 11.0 Å². The maximum atomic E-state index is 9.93. The molecule has 2 unspecified atom stereocenters. The standard InChI is InChI=1S/C14H20O3.C6H4O3.C4H8.C4H7/c1-3-5-7-11(15)13-9-10-14(17-13)12(16)8-6-4-2;7-3-5-1-2-6(4-8)9-5;2*1-3-4-2/h3-6,9-12,15-16H,7-8H2,1-2H3;1-4H;3H,1,4H2,2H3;1,3H,4H2,2H3/q;;;+1/b5-3+,6-4+;;;. The highest BCUT2D eigenvalue weighted by atomic mass is 16.4. The van der Waals surface area contributed by atoms with Gasteiger partial charge in [0, 0.05) is 6.42 Å². The molecule has 0 saturated carbocycles. The van der Waals surface area contributed by atoms with Crippen molar-refractivity contribution in [2.24, 2.45) is 0 Å². The molecule has 0 aliphatic heterocycles. The van der Waals surface area contributed by atoms with Gasteiger partial charge in [-0.25, -0.2) is 0 Å². The molecule has 2 N–H and O–H groups in total. The molecule has 0 amide bonds. The third-order valence-electron chi connectivity index (χ3n) is 3.90. The topological polar surface area (TPSA) is 101 Å². The number of carbonyl (C=O) groups is 2. The van der Waals surface area contributed by atoms with E-state index in [2.05, 4.69) is 17.9 Å². The van der Waals surface area contributed by atoms with Crippen molar-refractivity contribution in [3.05, 3.63) is 96.9 Å². The first-order valence-corrected chi connectivity index (χ1v) is 11.2. The highest BCUT2D eigenvalue weighted by molar-refractivity contribution is 5.75. The van der Waals surface area contributed by atoms with Gasteiger partial charge in [0.15, 0.2) is 30.2 Å². The molecule has 2 aromatic heterocycles. The Hall–Kier alpha value is -3.31. The van der Waals surface area contributed by atoms with Crippen LogP contribution < -0.4 is 0 Å². The molecule has 34 heavy (non-hydrogen) atoms. The fourth-order valence-corrected chi connectivity index (χ4v) is 1.98. The molecule has 2 heterocycles. The highest BCUT2D eigenvalue weighted by Crippen LogP contribution is 2.25. The summed E-state index contributed by atoms with van der Waals surface area (Å²) in [5.74, 6) is 1.35. The number of aliphatic hydroxyl groups is 2. The van der Waals surface area contributed by atoms with Gasteiger partial charge >= 0.3 is 0 Å². The van der Waals surface area contributed by atoms with Gasteiger partial charge in [-0.05, 0) is 57.4 Å². The van der Waals surface area contributed by atoms with Crippen molar-refractivity contribution >= 4 is 12.6 Å². The van der Waals surface area contributed by atoms with Crippen LogP contribution in [0.25, 0.3) is 0 Å². The number of hydrogen-bond acceptors (Lipinski definition) is 6. The molecule has 0 radical (unpaired) electrons. The van der Waals surface area contributed by atoms with Crippen LogP contribution in [0.3, 0.4) is 0 Å². The van der Waals surface area contributed by atoms with Crippen LogP contribution in [0, 0.1) is 6.58 Å². The van der Waals surface area contributed by atoms with Gasteiger partial charge in [-0.3, -0.25) is 9.59 Å². The Morgan fingerprint density at radius 3 is 1.47 bits per heavy atom. The summed E-state index contributed by atoms with van der Waals surface area (Å²) in [6.45, 7) is 16.3. The first kappa shape index (κ1) is 32.9. The number of aldehydes is 2. The Morgan fingerprint density at radius 2 is 1.24 bits per heavy atom. The third-order valence-corrected chi connectivity index (χ3v) is 3.90. The lowest BCUT2D eigenvalue weighted by Crippen LogP contribution is -1.95. The minimum Gasteiger partial charge on any atom is -0.461 e. The second-order valence-electron chi connectivity index (χ2n) is 6.70. The zero-order valence-corrected chi connectivity index (χ0v) is 20.7. The van der Waals surface area contributed by atoms with E-state index in [0.717, 1.165) is 12.8 Å². The van der Waals surface area contributed by atoms with Crippen LogP contribution in [-0.4, -0.2) is 22.8 Å². The molecule has 0 spiro atoms. The van der Waals surface area contributed by atoms with Crippen LogP contribution in [0.15, 0.2) is 76.1 Å². The van der Waals surface area contributed by atoms with Gasteiger partial charge < -0.3 is 19.0 Å². The molecule has 0 fully saturated rings. The summed E-state index contributed by atoms with van der Waals surface area (Å²) in [5.41, 5.74) is 0. The third kappa shape index (κ3) is 16.3. The predicted octanol–water partition coefficient (Wildman–Crippen LogP) is 7.15. The van der Waals surface area contributed by atoms with Gasteiger partial charge in [0.2, 0.25) is 6.58 Å². The Morgan fingerprint density at radius 1 is 0.853 bits per heavy atom. The molecule has 6 heteroatoms. The van der Waals surface area contributed by atoms with Crippen molar-refractivity contribution in [1.82, 2.24) is 0 Å². The lowest BCUT2D eigenvalue weighted by Gasteiger charge is -2.06. The van der Waals surface area contributed by atoms with Crippen molar-refractivity contribution in [3.63, 3.8) is 0 Å². The van der Waals surface area contributed by atoms with Crippen LogP contribution in [0.5, 0.6) is 0 Å². The average molecular weight is 472 g/mol. The van der Waals surface area contributed by atoms with Gasteiger partial charge in [-0.2, -0.15) is 0 Å². The number of carbonyl (C=O) groups excluding carboxylic acids is 2. The van der Waals surface area contributed by atoms with Crippen LogP contribution in [0.4, 0.5) is 0 Å². The monoisotopic (exact) mass is 471 g/mol. The number of allylic oxidation sites excluding steroid dienone is 4. The van der Waals surface area contributed by atoms with Gasteiger partial charge in [-0.15, -0.1) is 6.58 Å². The number of aliphatic hydroxyl groups excluding tert-OH is 2. The largest absolute Gasteiger partial charge is 0.461 e. The Bertz CT molecular complexity index is 776. The minimum absolute atomic E-state index is 0.178. The van der Waals surface area contributed by atoms with Crippen LogP contribution in [0.2, 0.25) is 0 Å². The fourth-order valence-electron chi connectivity index (χ4n) is 1.98. The molecule has 0 bridgehead atoms. The van der Waals surface area contributed by atoms with Crippen molar-refractivity contribution in [1.29, 1.82) is 0 Å². The molecule has 0 aliphatic carbocycles. The van der Waals surface area contributed by atoms with Crippen molar-refractivity contribution in [2.45, 2.75) is 65.6 Å². The van der Waals surface area contributed by atoms with Gasteiger partial charge in [0.05, 0.1) is 0 Å². The van der Waals surface area contributed by atoms with Crippen LogP contribution in [-0.2, 0) is 0 Å². The molecule has 6 nitrogen and oxygen atoms in total. The summed E-state index contributed by atoms with van der Waals surface area (Å²) in [4.78, 5) is 19.9. The van der Waals surface area contributed by atoms with Gasteiger partial charge in [0.25, 0.3) is 0 Å². The summed E-state index contributed by atoms with van der Waals surface area (Å²) in [7, 11) is 0. The number of furan rings is 2. The second kappa shape index (κ2) is 22.9. The molecule has 0 saturated heterocycles. The summed E-state index contributed by atoms with van der Waals surface area (Å²) >= 11 is 0. The van der Waals surface area contributed by atoms with E-state index in [9.17, 15) is 19.8 Å². The maximum absolute atomic E-state index is 9.93. The zero-order valence-electron chi connectivity index (χ0n) is 20.7. The fraction of sp³-hybridized carbons (Fsp3) is 0.357. The molecule has 0 aliphatic rings. The van der Waals surface area contributed by atoms with E-state index in [1.165, 1.54) is 12.1 Å². The molecule has 186 valence electrons. The first-order chi connectivity index (χ1) is 16.4. The Balaban J connectivity index is 0. The van der Waals surface area contributed by atoms with E-state index < -0.39 is 12.2 Å². The highest BCUT2D eigenvalue weighted by Gasteiger charge is 2.15. The zero-order chi connectivity index (χ0) is 26.2. The van der Waals surface area contributed by atoms with E-state index >= 15 is 0 Å². The summed E-state index contributed by atoms with van der Waals surface area (Å²) in [6, 6.07) is 6.30. The van der Waals surface area contributed by atoms with Crippen molar-refractivity contribution in [2.75, 3.05) is 0 Å². The summed E-state index contributed by atoms with van der Waals surface area (Å²) in [5, 5.41) is 19.6. The molecular weight excluding hydrogens is 432 g/mol. The van der Waals surface area contributed by atoms with Crippen LogP contribution in [0.1, 0.15) is 98.2 Å².